The summed E-state index contributed by atoms with van der Waals surface area (Å²) >= 11 is 0. The first-order valence-electron chi connectivity index (χ1n) is 12.9. The highest BCUT2D eigenvalue weighted by Crippen LogP contribution is 2.38. The van der Waals surface area contributed by atoms with Crippen LogP contribution in [0, 0.1) is 28.6 Å². The van der Waals surface area contributed by atoms with Crippen molar-refractivity contribution in [3.05, 3.63) is 58.0 Å². The smallest absolute Gasteiger partial charge is 0.270 e. The molecule has 0 amide bonds. The van der Waals surface area contributed by atoms with E-state index >= 15 is 0 Å². The number of methoxy groups -OCH3 is 1. The number of aryl methyl sites for hydroxylation is 1. The van der Waals surface area contributed by atoms with Crippen molar-refractivity contribution in [3.8, 4) is 17.9 Å². The van der Waals surface area contributed by atoms with Gasteiger partial charge in [0.05, 0.1) is 18.3 Å². The molecule has 2 fully saturated rings. The summed E-state index contributed by atoms with van der Waals surface area (Å²) in [5.41, 5.74) is 2.88. The molecule has 2 aliphatic rings. The average Bonchev–Trinajstić information content (AvgIpc) is 3.77. The monoisotopic (exact) mass is 496 g/mol. The third kappa shape index (κ3) is 4.72. The standard InChI is InChI=1S/C29H32N6O2/c1-33(28-25(17-31)29(36)34(2)26-14-9-20(16-30)32-27(26)28)21-10-12-22(13-11-21)35(18-19-7-8-19)23-5-4-6-24(15-23)37-3/h4-6,9,14-15,19,21-22H,7-8,10-13,18H2,1-3H3/t21-,22+. The highest BCUT2D eigenvalue weighted by atomic mass is 16.5. The van der Waals surface area contributed by atoms with Crippen molar-refractivity contribution >= 4 is 22.4 Å². The maximum Gasteiger partial charge on any atom is 0.270 e. The van der Waals surface area contributed by atoms with Gasteiger partial charge in [0, 0.05) is 44.5 Å². The minimum Gasteiger partial charge on any atom is -0.497 e. The van der Waals surface area contributed by atoms with Gasteiger partial charge in [0.25, 0.3) is 5.56 Å². The van der Waals surface area contributed by atoms with E-state index in [0.717, 1.165) is 43.9 Å². The van der Waals surface area contributed by atoms with Gasteiger partial charge in [0.1, 0.15) is 34.7 Å². The van der Waals surface area contributed by atoms with Gasteiger partial charge in [-0.1, -0.05) is 6.07 Å². The van der Waals surface area contributed by atoms with Crippen LogP contribution in [-0.2, 0) is 7.05 Å². The number of benzene rings is 1. The Labute approximate surface area is 217 Å². The van der Waals surface area contributed by atoms with Crippen LogP contribution in [0.3, 0.4) is 0 Å². The number of ether oxygens (including phenoxy) is 1. The topological polar surface area (TPSA) is 98.2 Å². The molecule has 8 nitrogen and oxygen atoms in total. The van der Waals surface area contributed by atoms with Crippen LogP contribution in [0.2, 0.25) is 0 Å². The second kappa shape index (κ2) is 10.1. The van der Waals surface area contributed by atoms with Crippen LogP contribution in [0.15, 0.2) is 41.2 Å². The van der Waals surface area contributed by atoms with Crippen molar-refractivity contribution in [2.24, 2.45) is 13.0 Å². The molecular weight excluding hydrogens is 464 g/mol. The number of rotatable bonds is 7. The molecule has 1 aromatic carbocycles. The van der Waals surface area contributed by atoms with Gasteiger partial charge in [-0.3, -0.25) is 4.79 Å². The number of hydrogen-bond acceptors (Lipinski definition) is 7. The fourth-order valence-corrected chi connectivity index (χ4v) is 5.67. The molecule has 0 atom stereocenters. The number of hydrogen-bond donors (Lipinski definition) is 0. The van der Waals surface area contributed by atoms with Gasteiger partial charge in [-0.15, -0.1) is 0 Å². The van der Waals surface area contributed by atoms with Crippen LogP contribution in [0.25, 0.3) is 11.0 Å². The molecule has 2 heterocycles. The van der Waals surface area contributed by atoms with Crippen LogP contribution in [0.1, 0.15) is 49.8 Å². The predicted octanol–water partition coefficient (Wildman–Crippen LogP) is 4.35. The molecule has 0 bridgehead atoms. The van der Waals surface area contributed by atoms with Gasteiger partial charge in [-0.05, 0) is 68.7 Å². The molecule has 190 valence electrons. The molecule has 37 heavy (non-hydrogen) atoms. The van der Waals surface area contributed by atoms with Gasteiger partial charge in [0.2, 0.25) is 0 Å². The lowest BCUT2D eigenvalue weighted by Crippen LogP contribution is -2.44. The summed E-state index contributed by atoms with van der Waals surface area (Å²) in [6, 6.07) is 16.5. The maximum atomic E-state index is 13.0. The fourth-order valence-electron chi connectivity index (χ4n) is 5.67. The van der Waals surface area contributed by atoms with E-state index in [2.05, 4.69) is 45.1 Å². The summed E-state index contributed by atoms with van der Waals surface area (Å²) in [6.07, 6.45) is 6.49. The maximum absolute atomic E-state index is 13.0. The van der Waals surface area contributed by atoms with Crippen LogP contribution in [0.4, 0.5) is 11.4 Å². The third-order valence-electron chi connectivity index (χ3n) is 7.99. The lowest BCUT2D eigenvalue weighted by Gasteiger charge is -2.41. The zero-order valence-electron chi connectivity index (χ0n) is 21.6. The van der Waals surface area contributed by atoms with Crippen molar-refractivity contribution in [3.63, 3.8) is 0 Å². The molecule has 3 aromatic rings. The summed E-state index contributed by atoms with van der Waals surface area (Å²) in [6.45, 7) is 1.07. The number of nitriles is 2. The molecule has 2 saturated carbocycles. The number of aromatic nitrogens is 2. The Hall–Kier alpha value is -4.04. The van der Waals surface area contributed by atoms with E-state index in [1.807, 2.05) is 13.1 Å². The molecule has 0 spiro atoms. The van der Waals surface area contributed by atoms with E-state index < -0.39 is 0 Å². The molecular formula is C29H32N6O2. The number of nitrogens with zero attached hydrogens (tertiary/aromatic N) is 6. The highest BCUT2D eigenvalue weighted by Gasteiger charge is 2.33. The number of pyridine rings is 2. The normalized spacial score (nSPS) is 19.2. The largest absolute Gasteiger partial charge is 0.497 e. The Kier molecular flexibility index (Phi) is 6.76. The molecule has 5 rings (SSSR count). The van der Waals surface area contributed by atoms with Crippen molar-refractivity contribution < 1.29 is 4.74 Å². The minimum atomic E-state index is -0.342. The van der Waals surface area contributed by atoms with Crippen molar-refractivity contribution in [2.75, 3.05) is 30.5 Å². The summed E-state index contributed by atoms with van der Waals surface area (Å²) in [5, 5.41) is 19.4. The van der Waals surface area contributed by atoms with E-state index in [4.69, 9.17) is 4.74 Å². The number of anilines is 2. The molecule has 2 aromatic heterocycles. The van der Waals surface area contributed by atoms with Crippen LogP contribution in [-0.4, -0.2) is 42.3 Å². The van der Waals surface area contributed by atoms with Crippen LogP contribution >= 0.6 is 0 Å². The Balaban J connectivity index is 1.43. The fraction of sp³-hybridized carbons (Fsp3) is 0.448. The molecule has 0 N–H and O–H groups in total. The van der Waals surface area contributed by atoms with E-state index in [9.17, 15) is 15.3 Å². The average molecular weight is 497 g/mol. The predicted molar refractivity (Wildman–Crippen MR) is 144 cm³/mol. The quantitative estimate of drug-likeness (QED) is 0.480. The van der Waals surface area contributed by atoms with Crippen LogP contribution < -0.4 is 20.1 Å². The highest BCUT2D eigenvalue weighted by molar-refractivity contribution is 5.92. The Morgan fingerprint density at radius 2 is 1.78 bits per heavy atom. The first kappa shape index (κ1) is 24.6. The molecule has 8 heteroatoms. The van der Waals surface area contributed by atoms with E-state index in [-0.39, 0.29) is 22.9 Å². The van der Waals surface area contributed by atoms with Gasteiger partial charge < -0.3 is 19.1 Å². The van der Waals surface area contributed by atoms with Gasteiger partial charge in [-0.25, -0.2) is 4.98 Å². The Morgan fingerprint density at radius 1 is 1.05 bits per heavy atom. The molecule has 2 aliphatic carbocycles. The second-order valence-corrected chi connectivity index (χ2v) is 10.2. The van der Waals surface area contributed by atoms with Gasteiger partial charge in [0.15, 0.2) is 0 Å². The van der Waals surface area contributed by atoms with Crippen molar-refractivity contribution in [2.45, 2.75) is 50.6 Å². The molecule has 0 saturated heterocycles. The number of fused-ring (bicyclic) bond motifs is 1. The molecule has 0 unspecified atom stereocenters. The third-order valence-corrected chi connectivity index (χ3v) is 7.99. The summed E-state index contributed by atoms with van der Waals surface area (Å²) < 4.78 is 6.93. The van der Waals surface area contributed by atoms with Gasteiger partial charge in [-0.2, -0.15) is 10.5 Å². The molecule has 0 radical (unpaired) electrons. The summed E-state index contributed by atoms with van der Waals surface area (Å²) in [7, 11) is 5.29. The summed E-state index contributed by atoms with van der Waals surface area (Å²) in [5.74, 6) is 1.63. The Bertz CT molecular complexity index is 1450. The van der Waals surface area contributed by atoms with E-state index in [1.54, 1.807) is 26.3 Å². The lowest BCUT2D eigenvalue weighted by atomic mass is 9.88. The first-order valence-corrected chi connectivity index (χ1v) is 12.9. The van der Waals surface area contributed by atoms with Crippen LogP contribution in [0.5, 0.6) is 5.75 Å². The first-order chi connectivity index (χ1) is 17.9. The zero-order chi connectivity index (χ0) is 26.1. The lowest BCUT2D eigenvalue weighted by molar-refractivity contribution is 0.364. The van der Waals surface area contributed by atoms with E-state index in [1.165, 1.54) is 23.1 Å². The van der Waals surface area contributed by atoms with Gasteiger partial charge >= 0.3 is 0 Å². The molecule has 0 aliphatic heterocycles. The van der Waals surface area contributed by atoms with E-state index in [0.29, 0.717) is 22.8 Å². The second-order valence-electron chi connectivity index (χ2n) is 10.2. The summed E-state index contributed by atoms with van der Waals surface area (Å²) in [4.78, 5) is 22.2. The van der Waals surface area contributed by atoms with Crippen molar-refractivity contribution in [1.82, 2.24) is 9.55 Å². The van der Waals surface area contributed by atoms with Crippen molar-refractivity contribution in [1.29, 1.82) is 10.5 Å². The zero-order valence-corrected chi connectivity index (χ0v) is 21.6. The SMILES string of the molecule is COc1cccc(N(CC2CC2)[C@H]2CC[C@@H](N(C)c3c(C#N)c(=O)n(C)c4ccc(C#N)nc34)CC2)c1. The Morgan fingerprint density at radius 3 is 2.43 bits per heavy atom. The minimum absolute atomic E-state index is 0.0777.